The van der Waals surface area contributed by atoms with Crippen LogP contribution in [0.4, 0.5) is 0 Å². The second-order valence-corrected chi connectivity index (χ2v) is 4.25. The molecule has 0 aliphatic carbocycles. The van der Waals surface area contributed by atoms with Gasteiger partial charge in [-0.2, -0.15) is 5.26 Å². The van der Waals surface area contributed by atoms with Gasteiger partial charge in [0, 0.05) is 4.88 Å². The fourth-order valence-corrected chi connectivity index (χ4v) is 2.19. The van der Waals surface area contributed by atoms with Crippen LogP contribution in [0.15, 0.2) is 11.4 Å². The fraction of sp³-hybridized carbons (Fsp3) is 0.364. The van der Waals surface area contributed by atoms with E-state index in [1.165, 1.54) is 5.56 Å². The lowest BCUT2D eigenvalue weighted by atomic mass is 10.2. The van der Waals surface area contributed by atoms with Crippen molar-refractivity contribution >= 4 is 23.2 Å². The molecule has 1 heterocycles. The van der Waals surface area contributed by atoms with E-state index >= 15 is 0 Å². The molecule has 0 atom stereocenters. The van der Waals surface area contributed by atoms with Gasteiger partial charge >= 0.3 is 11.8 Å². The molecule has 0 bridgehead atoms. The lowest BCUT2D eigenvalue weighted by Crippen LogP contribution is -2.39. The zero-order chi connectivity index (χ0) is 12.7. The molecule has 0 saturated carbocycles. The van der Waals surface area contributed by atoms with Crippen LogP contribution in [0.3, 0.4) is 0 Å². The number of rotatable bonds is 4. The van der Waals surface area contributed by atoms with Crippen molar-refractivity contribution in [2.75, 3.05) is 6.54 Å². The Labute approximate surface area is 103 Å². The normalized spacial score (nSPS) is 9.41. The third-order valence-electron chi connectivity index (χ3n) is 2.16. The van der Waals surface area contributed by atoms with E-state index in [-0.39, 0.29) is 6.54 Å². The number of amides is 2. The van der Waals surface area contributed by atoms with Crippen LogP contribution >= 0.6 is 11.3 Å². The number of thiophene rings is 1. The van der Waals surface area contributed by atoms with Crippen molar-refractivity contribution in [2.45, 2.75) is 19.9 Å². The molecule has 0 aliphatic heterocycles. The van der Waals surface area contributed by atoms with Gasteiger partial charge < -0.3 is 10.6 Å². The molecule has 1 aromatic rings. The zero-order valence-corrected chi connectivity index (χ0v) is 10.3. The number of nitrogens with zero attached hydrogens (tertiary/aromatic N) is 1. The summed E-state index contributed by atoms with van der Waals surface area (Å²) in [5.41, 5.74) is 1.17. The fourth-order valence-electron chi connectivity index (χ4n) is 1.28. The van der Waals surface area contributed by atoms with Crippen LogP contribution in [-0.2, 0) is 22.6 Å². The molecule has 1 aromatic heterocycles. The van der Waals surface area contributed by atoms with Gasteiger partial charge in [-0.3, -0.25) is 9.59 Å². The van der Waals surface area contributed by atoms with Crippen LogP contribution in [0, 0.1) is 11.3 Å². The first-order chi connectivity index (χ1) is 8.19. The summed E-state index contributed by atoms with van der Waals surface area (Å²) >= 11 is 1.55. The Bertz CT molecular complexity index is 448. The predicted octanol–water partition coefficient (Wildman–Crippen LogP) is 0.566. The predicted molar refractivity (Wildman–Crippen MR) is 64.2 cm³/mol. The average Bonchev–Trinajstić information content (AvgIpc) is 2.80. The summed E-state index contributed by atoms with van der Waals surface area (Å²) in [6, 6.07) is 3.73. The molecule has 0 radical (unpaired) electrons. The number of hydrogen-bond donors (Lipinski definition) is 2. The van der Waals surface area contributed by atoms with Gasteiger partial charge in [-0.05, 0) is 23.4 Å². The molecule has 0 unspecified atom stereocenters. The molecule has 0 spiro atoms. The van der Waals surface area contributed by atoms with E-state index in [1.807, 2.05) is 18.4 Å². The Hall–Kier alpha value is -1.87. The minimum Gasteiger partial charge on any atom is -0.343 e. The van der Waals surface area contributed by atoms with Crippen molar-refractivity contribution in [1.82, 2.24) is 10.6 Å². The highest BCUT2D eigenvalue weighted by Crippen LogP contribution is 2.16. The summed E-state index contributed by atoms with van der Waals surface area (Å²) < 4.78 is 0. The second kappa shape index (κ2) is 6.66. The van der Waals surface area contributed by atoms with Gasteiger partial charge in [0.1, 0.15) is 6.54 Å². The maximum Gasteiger partial charge on any atom is 0.310 e. The van der Waals surface area contributed by atoms with Crippen molar-refractivity contribution in [2.24, 2.45) is 0 Å². The van der Waals surface area contributed by atoms with Gasteiger partial charge in [0.2, 0.25) is 0 Å². The first-order valence-corrected chi connectivity index (χ1v) is 6.05. The maximum atomic E-state index is 11.3. The molecule has 0 fully saturated rings. The van der Waals surface area contributed by atoms with Gasteiger partial charge in [0.05, 0.1) is 12.6 Å². The van der Waals surface area contributed by atoms with E-state index < -0.39 is 11.8 Å². The summed E-state index contributed by atoms with van der Waals surface area (Å²) in [5, 5.41) is 14.9. The Morgan fingerprint density at radius 3 is 2.76 bits per heavy atom. The van der Waals surface area contributed by atoms with Gasteiger partial charge in [0.25, 0.3) is 0 Å². The van der Waals surface area contributed by atoms with Crippen molar-refractivity contribution in [3.05, 3.63) is 21.9 Å². The Balaban J connectivity index is 2.43. The molecule has 0 aromatic carbocycles. The molecule has 2 amide bonds. The lowest BCUT2D eigenvalue weighted by Gasteiger charge is -2.04. The van der Waals surface area contributed by atoms with Crippen molar-refractivity contribution < 1.29 is 9.59 Å². The van der Waals surface area contributed by atoms with E-state index in [1.54, 1.807) is 17.4 Å². The largest absolute Gasteiger partial charge is 0.343 e. The zero-order valence-electron chi connectivity index (χ0n) is 9.45. The molecule has 2 N–H and O–H groups in total. The first-order valence-electron chi connectivity index (χ1n) is 5.17. The van der Waals surface area contributed by atoms with E-state index in [0.29, 0.717) is 6.54 Å². The quantitative estimate of drug-likeness (QED) is 0.606. The van der Waals surface area contributed by atoms with Crippen LogP contribution in [0.2, 0.25) is 0 Å². The Morgan fingerprint density at radius 2 is 2.12 bits per heavy atom. The minimum atomic E-state index is -0.777. The number of aryl methyl sites for hydroxylation is 1. The monoisotopic (exact) mass is 251 g/mol. The molecule has 6 heteroatoms. The third-order valence-corrected chi connectivity index (χ3v) is 3.13. The summed E-state index contributed by atoms with van der Waals surface area (Å²) in [6.45, 7) is 2.22. The van der Waals surface area contributed by atoms with Crippen molar-refractivity contribution in [3.8, 4) is 6.07 Å². The van der Waals surface area contributed by atoms with Gasteiger partial charge in [-0.15, -0.1) is 11.3 Å². The molecule has 90 valence electrons. The highest BCUT2D eigenvalue weighted by Gasteiger charge is 2.13. The summed E-state index contributed by atoms with van der Waals surface area (Å²) in [6.07, 6.45) is 0.898. The Kier molecular flexibility index (Phi) is 5.17. The maximum absolute atomic E-state index is 11.3. The topological polar surface area (TPSA) is 82.0 Å². The van der Waals surface area contributed by atoms with Crippen LogP contribution in [0.25, 0.3) is 0 Å². The summed E-state index contributed by atoms with van der Waals surface area (Å²) in [4.78, 5) is 23.5. The molecule has 17 heavy (non-hydrogen) atoms. The second-order valence-electron chi connectivity index (χ2n) is 3.25. The van der Waals surface area contributed by atoms with E-state index in [9.17, 15) is 9.59 Å². The van der Waals surface area contributed by atoms with Crippen LogP contribution in [-0.4, -0.2) is 18.4 Å². The van der Waals surface area contributed by atoms with Gasteiger partial charge in [0.15, 0.2) is 0 Å². The molecule has 5 nitrogen and oxygen atoms in total. The van der Waals surface area contributed by atoms with Crippen molar-refractivity contribution in [1.29, 1.82) is 5.26 Å². The summed E-state index contributed by atoms with van der Waals surface area (Å²) in [5.74, 6) is -1.49. The highest BCUT2D eigenvalue weighted by atomic mass is 32.1. The number of nitrogens with one attached hydrogen (secondary N) is 2. The highest BCUT2D eigenvalue weighted by molar-refractivity contribution is 7.10. The molecular formula is C11H13N3O2S. The van der Waals surface area contributed by atoms with Gasteiger partial charge in [-0.25, -0.2) is 0 Å². The Morgan fingerprint density at radius 1 is 1.41 bits per heavy atom. The average molecular weight is 251 g/mol. The van der Waals surface area contributed by atoms with Crippen LogP contribution in [0.5, 0.6) is 0 Å². The first kappa shape index (κ1) is 13.2. The standard InChI is InChI=1S/C11H13N3O2S/c1-2-8-3-6-17-9(8)7-14-11(16)10(15)13-5-4-12/h3,6H,2,5,7H2,1H3,(H,13,15)(H,14,16). The molecule has 0 aliphatic rings. The van der Waals surface area contributed by atoms with E-state index in [2.05, 4.69) is 10.6 Å². The van der Waals surface area contributed by atoms with Gasteiger partial charge in [-0.1, -0.05) is 6.92 Å². The summed E-state index contributed by atoms with van der Waals surface area (Å²) in [7, 11) is 0. The molecule has 0 saturated heterocycles. The number of nitriles is 1. The minimum absolute atomic E-state index is 0.161. The smallest absolute Gasteiger partial charge is 0.310 e. The molecule has 1 rings (SSSR count). The van der Waals surface area contributed by atoms with Crippen LogP contribution in [0.1, 0.15) is 17.4 Å². The number of hydrogen-bond acceptors (Lipinski definition) is 4. The SMILES string of the molecule is CCc1ccsc1CNC(=O)C(=O)NCC#N. The third kappa shape index (κ3) is 3.89. The lowest BCUT2D eigenvalue weighted by molar-refractivity contribution is -0.139. The van der Waals surface area contributed by atoms with Crippen LogP contribution < -0.4 is 10.6 Å². The van der Waals surface area contributed by atoms with E-state index in [4.69, 9.17) is 5.26 Å². The van der Waals surface area contributed by atoms with Crippen molar-refractivity contribution in [3.63, 3.8) is 0 Å². The van der Waals surface area contributed by atoms with E-state index in [0.717, 1.165) is 11.3 Å². The number of carbonyl (C=O) groups excluding carboxylic acids is 2. The molecular weight excluding hydrogens is 238 g/mol. The number of carbonyl (C=O) groups is 2.